The predicted molar refractivity (Wildman–Crippen MR) is 284 cm³/mol. The minimum absolute atomic E-state index is 0. The first-order chi connectivity index (χ1) is 37.4. The fourth-order valence-electron chi connectivity index (χ4n) is 4.85. The smallest absolute Gasteiger partial charge is 1.00 e. The topological polar surface area (TPSA) is 257 Å². The Morgan fingerprint density at radius 2 is 0.810 bits per heavy atom. The summed E-state index contributed by atoms with van der Waals surface area (Å²) in [5, 5.41) is 7.88. The number of allylic oxidation sites excluding steroid dienone is 1. The summed E-state index contributed by atoms with van der Waals surface area (Å²) in [5.41, 5.74) is -2.51. The minimum Gasteiger partial charge on any atom is -1.00 e. The monoisotopic (exact) mass is 1420 g/mol. The quantitative estimate of drug-likeness (QED) is 0.0105. The molecule has 19 nitrogen and oxygen atoms in total. The van der Waals surface area contributed by atoms with E-state index in [1.165, 1.54) is 0 Å². The number of aliphatic hydroxyl groups excluding tert-OH is 1. The van der Waals surface area contributed by atoms with Gasteiger partial charge >= 0.3 is 70.8 Å². The molecule has 0 aromatic carbocycles. The largest absolute Gasteiger partial charge is 2.00 e. The van der Waals surface area contributed by atoms with Crippen molar-refractivity contribution in [3.8, 4) is 0 Å². The zero-order chi connectivity index (χ0) is 63.0. The average Bonchev–Trinajstić information content (AvgIpc) is 4.16. The third-order valence-corrected chi connectivity index (χ3v) is 8.61. The van der Waals surface area contributed by atoms with E-state index < -0.39 is 118 Å². The van der Waals surface area contributed by atoms with Gasteiger partial charge in [-0.05, 0) is 71.1 Å². The molecule has 1 saturated carbocycles. The molecule has 0 spiro atoms. The Kier molecular flexibility index (Phi) is 73.5. The van der Waals surface area contributed by atoms with Crippen LogP contribution in [0.15, 0.2) is 11.6 Å². The summed E-state index contributed by atoms with van der Waals surface area (Å²) in [6, 6.07) is 0. The van der Waals surface area contributed by atoms with Crippen molar-refractivity contribution in [3.63, 3.8) is 0 Å². The molecule has 1 N–H and O–H groups in total. The number of rotatable bonds is 32. The van der Waals surface area contributed by atoms with Crippen LogP contribution >= 0.6 is 0 Å². The Labute approximate surface area is 536 Å². The van der Waals surface area contributed by atoms with Gasteiger partial charge in [0.1, 0.15) is 43.0 Å². The summed E-state index contributed by atoms with van der Waals surface area (Å²) in [7, 11) is -1.42. The van der Waals surface area contributed by atoms with Crippen molar-refractivity contribution in [1.82, 2.24) is 0 Å². The average molecular weight is 1420 g/mol. The van der Waals surface area contributed by atoms with E-state index in [0.717, 1.165) is 19.8 Å². The molecule has 0 radical (unpaired) electrons. The maximum absolute atomic E-state index is 13.1. The van der Waals surface area contributed by atoms with Crippen LogP contribution < -0.4 is 48.8 Å². The van der Waals surface area contributed by atoms with Gasteiger partial charge in [0.05, 0.1) is 62.8 Å². The summed E-state index contributed by atoms with van der Waals surface area (Å²) < 4.78 is 151. The van der Waals surface area contributed by atoms with Crippen molar-refractivity contribution in [1.29, 1.82) is 0 Å². The number of ether oxygens (including phenoxy) is 9. The summed E-state index contributed by atoms with van der Waals surface area (Å²) in [4.78, 5) is 91.6. The number of esters is 8. The predicted octanol–water partition coefficient (Wildman–Crippen LogP) is -0.261. The van der Waals surface area contributed by atoms with Crippen molar-refractivity contribution < 1.29 is 174 Å². The van der Waals surface area contributed by atoms with E-state index in [1.54, 1.807) is 67.2 Å². The van der Waals surface area contributed by atoms with Gasteiger partial charge in [-0.15, -0.1) is 4.21 Å². The van der Waals surface area contributed by atoms with Gasteiger partial charge < -0.3 is 96.5 Å². The van der Waals surface area contributed by atoms with Crippen molar-refractivity contribution in [2.24, 2.45) is 17.3 Å². The molecular formula is C52H89Cl2F8IMgO19S. The maximum atomic E-state index is 13.1. The summed E-state index contributed by atoms with van der Waals surface area (Å²) in [6.45, 7) is 18.4. The van der Waals surface area contributed by atoms with E-state index in [2.05, 4.69) is 9.47 Å². The first kappa shape index (κ1) is 100. The van der Waals surface area contributed by atoms with Gasteiger partial charge in [-0.3, -0.25) is 28.8 Å². The summed E-state index contributed by atoms with van der Waals surface area (Å²) in [5.74, 6) is -10.0. The van der Waals surface area contributed by atoms with Crippen LogP contribution in [0.25, 0.3) is 0 Å². The maximum Gasteiger partial charge on any atom is 2.00 e. The molecule has 0 aromatic rings. The van der Waals surface area contributed by atoms with Gasteiger partial charge in [0.15, 0.2) is 11.3 Å². The number of hydrogen-bond donors (Lipinski definition) is 1. The van der Waals surface area contributed by atoms with Crippen LogP contribution in [0.1, 0.15) is 140 Å². The van der Waals surface area contributed by atoms with Gasteiger partial charge in [0.25, 0.3) is 19.3 Å². The Morgan fingerprint density at radius 3 is 1.06 bits per heavy atom. The first-order valence-electron chi connectivity index (χ1n) is 26.2. The number of alkyl halides is 8. The number of halogens is 11. The number of carbonyl (C=O) groups excluding carboxylic acids is 8. The van der Waals surface area contributed by atoms with E-state index in [9.17, 15) is 77.7 Å². The van der Waals surface area contributed by atoms with Crippen LogP contribution in [0, 0.1) is 17.3 Å². The molecule has 496 valence electrons. The van der Waals surface area contributed by atoms with E-state index >= 15 is 0 Å². The molecular weight excluding hydrogens is 1330 g/mol. The Bertz CT molecular complexity index is 1720. The molecule has 1 fully saturated rings. The number of hydrogen-bond acceptors (Lipinski definition) is 19. The zero-order valence-corrected chi connectivity index (χ0v) is 56.3. The van der Waals surface area contributed by atoms with Crippen molar-refractivity contribution in [2.45, 2.75) is 178 Å². The first-order valence-corrected chi connectivity index (χ1v) is 29.0. The third-order valence-electron chi connectivity index (χ3n) is 8.61. The van der Waals surface area contributed by atoms with E-state index in [0.29, 0.717) is 58.2 Å². The molecule has 0 heterocycles. The molecule has 32 heteroatoms. The molecule has 0 saturated heterocycles. The SMILES string of the molecule is CC(O)C(F)F.CCCOC(=O)C(=CC(F)F)C(=O)OCCC.CCCOC(=O)C(C(=O)OCCC)C(OCCC)C(F)F.CCCOC(=O)C1(C(=O)OCCC)CC1C(F)F.CCCOC(=O)CC(=O)OCCC.C[S+](C)(C)=O.[Cl-].[Cl-].[I-].[Mg+2]. The third kappa shape index (κ3) is 54.5. The van der Waals surface area contributed by atoms with E-state index in [4.69, 9.17) is 38.3 Å². The van der Waals surface area contributed by atoms with Gasteiger partial charge in [0.2, 0.25) is 6.43 Å². The van der Waals surface area contributed by atoms with Crippen molar-refractivity contribution in [2.75, 3.05) is 78.2 Å². The summed E-state index contributed by atoms with van der Waals surface area (Å²) in [6.07, 6.45) is -4.31. The molecule has 84 heavy (non-hydrogen) atoms. The standard InChI is InChI=1S/C14H24F2O5.C12H18F2O4.C11H16F2O4.C9H16O4.C3H6F2O.C3H9OS.2ClH.HI.Mg/c1-4-7-19-11(12(15)16)10(13(17)20-8-5-2)14(18)21-9-6-3;1-3-5-17-10(15)12(7-8(12)9(13)14)11(16)18-6-4-2;1-3-5-16-10(14)8(7-9(12)13)11(15)17-6-4-2;1-3-5-12-8(10)7-9(11)13-6-4-2;1-2(6)3(4)5;1-5(2,3)4;;;;/h10-12H,4-9H2,1-3H3;8-9H,3-7H2,1-2H3;7,9H,3-6H2,1-2H3;3-7H2,1-2H3;2-3,6H,1H3;1-3H3;3*1H;/q;;;;;+1;;;;+2/p-3. The normalized spacial score (nSPS) is 12.8. The summed E-state index contributed by atoms with van der Waals surface area (Å²) >= 11 is 0. The van der Waals surface area contributed by atoms with E-state index in [1.807, 2.05) is 13.8 Å². The molecule has 0 bridgehead atoms. The molecule has 3 atom stereocenters. The second-order valence-electron chi connectivity index (χ2n) is 17.5. The number of aliphatic hydroxyl groups is 1. The Hall–Kier alpha value is -2.91. The molecule has 0 aromatic heterocycles. The second kappa shape index (κ2) is 61.7. The van der Waals surface area contributed by atoms with Crippen LogP contribution in [-0.4, -0.2) is 192 Å². The van der Waals surface area contributed by atoms with Crippen molar-refractivity contribution >= 4 is 80.7 Å². The molecule has 3 unspecified atom stereocenters. The molecule has 1 aliphatic rings. The fraction of sp³-hybridized carbons (Fsp3) is 0.808. The van der Waals surface area contributed by atoms with Crippen LogP contribution in [0.5, 0.6) is 0 Å². The zero-order valence-electron chi connectivity index (χ0n) is 50.4. The van der Waals surface area contributed by atoms with Crippen LogP contribution in [0.4, 0.5) is 35.1 Å². The van der Waals surface area contributed by atoms with Crippen LogP contribution in [-0.2, 0) is 95.1 Å². The Morgan fingerprint density at radius 1 is 0.524 bits per heavy atom. The molecule has 0 aliphatic heterocycles. The van der Waals surface area contributed by atoms with Crippen molar-refractivity contribution in [3.05, 3.63) is 11.6 Å². The van der Waals surface area contributed by atoms with Gasteiger partial charge in [-0.25, -0.2) is 44.7 Å². The van der Waals surface area contributed by atoms with Crippen LogP contribution in [0.3, 0.4) is 0 Å². The van der Waals surface area contributed by atoms with Gasteiger partial charge in [-0.1, -0.05) is 62.3 Å². The molecule has 1 rings (SSSR count). The van der Waals surface area contributed by atoms with Gasteiger partial charge in [-0.2, -0.15) is 0 Å². The Balaban J connectivity index is -0.000000119. The van der Waals surface area contributed by atoms with Crippen LogP contribution in [0.2, 0.25) is 0 Å². The molecule has 1 aliphatic carbocycles. The number of carbonyl (C=O) groups is 8. The van der Waals surface area contributed by atoms with Gasteiger partial charge in [0, 0.05) is 18.6 Å². The minimum atomic E-state index is -2.98. The molecule has 0 amide bonds. The fourth-order valence-corrected chi connectivity index (χ4v) is 4.85. The van der Waals surface area contributed by atoms with E-state index in [-0.39, 0.29) is 137 Å². The second-order valence-corrected chi connectivity index (χ2v) is 20.9.